The van der Waals surface area contributed by atoms with Crippen LogP contribution in [0.25, 0.3) is 11.0 Å². The molecule has 2 fully saturated rings. The largest absolute Gasteiger partial charge is 0.354 e. The summed E-state index contributed by atoms with van der Waals surface area (Å²) < 4.78 is 13.6. The summed E-state index contributed by atoms with van der Waals surface area (Å²) in [5.41, 5.74) is 2.44. The Hall–Kier alpha value is -2.74. The fourth-order valence-corrected chi connectivity index (χ4v) is 3.99. The number of hydrogen-bond donors (Lipinski definition) is 1. The van der Waals surface area contributed by atoms with Crippen LogP contribution in [0.4, 0.5) is 15.9 Å². The Morgan fingerprint density at radius 3 is 2.76 bits per heavy atom. The van der Waals surface area contributed by atoms with Gasteiger partial charge in [0.05, 0.1) is 17.7 Å². The highest BCUT2D eigenvalue weighted by Gasteiger charge is 2.23. The van der Waals surface area contributed by atoms with E-state index in [-0.39, 0.29) is 6.04 Å². The standard InChI is InChI=1S/C21H27FN6O/c1-26(12-13-28(15-29)17-4-8-23-9-5-17)19-6-10-24-18-2-3-20(25-21(18)19)27-11-7-16(22)14-27/h2-3,6,10,12-13,15-17,23H,4-5,7-9,11,14H2,1H3/b13-12-. The maximum absolute atomic E-state index is 13.6. The predicted octanol–water partition coefficient (Wildman–Crippen LogP) is 2.30. The highest BCUT2D eigenvalue weighted by atomic mass is 19.1. The minimum Gasteiger partial charge on any atom is -0.354 e. The molecule has 1 N–H and O–H groups in total. The summed E-state index contributed by atoms with van der Waals surface area (Å²) in [5, 5.41) is 3.32. The van der Waals surface area contributed by atoms with Crippen molar-refractivity contribution in [3.05, 3.63) is 36.8 Å². The quantitative estimate of drug-likeness (QED) is 0.754. The van der Waals surface area contributed by atoms with Gasteiger partial charge in [0.25, 0.3) is 0 Å². The zero-order valence-electron chi connectivity index (χ0n) is 16.7. The van der Waals surface area contributed by atoms with Gasteiger partial charge in [-0.05, 0) is 50.6 Å². The second-order valence-electron chi connectivity index (χ2n) is 7.64. The lowest BCUT2D eigenvalue weighted by atomic mass is 10.1. The van der Waals surface area contributed by atoms with Crippen LogP contribution < -0.4 is 15.1 Å². The first-order chi connectivity index (χ1) is 14.2. The van der Waals surface area contributed by atoms with Gasteiger partial charge in [-0.15, -0.1) is 0 Å². The third kappa shape index (κ3) is 4.32. The summed E-state index contributed by atoms with van der Waals surface area (Å²) in [5.74, 6) is 0.772. The third-order valence-corrected chi connectivity index (χ3v) is 5.70. The number of amides is 1. The van der Waals surface area contributed by atoms with Gasteiger partial charge in [0.15, 0.2) is 0 Å². The molecule has 1 amide bonds. The van der Waals surface area contributed by atoms with Crippen molar-refractivity contribution in [2.75, 3.05) is 43.0 Å². The summed E-state index contributed by atoms with van der Waals surface area (Å²) in [7, 11) is 1.93. The van der Waals surface area contributed by atoms with Crippen molar-refractivity contribution in [1.82, 2.24) is 20.2 Å². The molecule has 0 radical (unpaired) electrons. The molecule has 7 nitrogen and oxygen atoms in total. The minimum absolute atomic E-state index is 0.223. The summed E-state index contributed by atoms with van der Waals surface area (Å²) in [6, 6.07) is 5.96. The smallest absolute Gasteiger partial charge is 0.213 e. The topological polar surface area (TPSA) is 64.6 Å². The molecular formula is C21H27FN6O. The highest BCUT2D eigenvalue weighted by Crippen LogP contribution is 2.27. The van der Waals surface area contributed by atoms with Crippen LogP contribution in [0.2, 0.25) is 0 Å². The minimum atomic E-state index is -0.796. The average Bonchev–Trinajstić information content (AvgIpc) is 3.20. The lowest BCUT2D eigenvalue weighted by molar-refractivity contribution is -0.117. The van der Waals surface area contributed by atoms with Gasteiger partial charge in [-0.2, -0.15) is 0 Å². The number of rotatable bonds is 6. The van der Waals surface area contributed by atoms with Crippen LogP contribution in [0.15, 0.2) is 36.8 Å². The number of pyridine rings is 2. The molecule has 2 aromatic rings. The normalized spacial score (nSPS) is 20.5. The van der Waals surface area contributed by atoms with Gasteiger partial charge in [0.2, 0.25) is 6.41 Å². The molecule has 4 heterocycles. The maximum Gasteiger partial charge on any atom is 0.213 e. The predicted molar refractivity (Wildman–Crippen MR) is 113 cm³/mol. The van der Waals surface area contributed by atoms with Gasteiger partial charge in [0, 0.05) is 38.2 Å². The number of anilines is 2. The van der Waals surface area contributed by atoms with Gasteiger partial charge in [0.1, 0.15) is 17.5 Å². The number of carbonyl (C=O) groups excluding carboxylic acids is 1. The first-order valence-corrected chi connectivity index (χ1v) is 10.1. The van der Waals surface area contributed by atoms with Crippen LogP contribution in [0.3, 0.4) is 0 Å². The second kappa shape index (κ2) is 8.73. The molecule has 29 heavy (non-hydrogen) atoms. The number of nitrogens with zero attached hydrogens (tertiary/aromatic N) is 5. The molecular weight excluding hydrogens is 371 g/mol. The molecule has 2 aromatic heterocycles. The molecule has 154 valence electrons. The Kier molecular flexibility index (Phi) is 5.89. The highest BCUT2D eigenvalue weighted by molar-refractivity contribution is 5.89. The second-order valence-corrected chi connectivity index (χ2v) is 7.64. The first-order valence-electron chi connectivity index (χ1n) is 10.1. The molecule has 2 aliphatic heterocycles. The Bertz CT molecular complexity index is 885. The maximum atomic E-state index is 13.6. The number of piperidine rings is 1. The van der Waals surface area contributed by atoms with Crippen molar-refractivity contribution in [3.63, 3.8) is 0 Å². The lowest BCUT2D eigenvalue weighted by Gasteiger charge is -2.29. The summed E-state index contributed by atoms with van der Waals surface area (Å²) in [6.07, 6.45) is 7.99. The van der Waals surface area contributed by atoms with Crippen LogP contribution in [0.1, 0.15) is 19.3 Å². The van der Waals surface area contributed by atoms with Crippen molar-refractivity contribution >= 4 is 28.9 Å². The molecule has 0 bridgehead atoms. The molecule has 1 unspecified atom stereocenters. The van der Waals surface area contributed by atoms with E-state index in [4.69, 9.17) is 4.98 Å². The van der Waals surface area contributed by atoms with Crippen LogP contribution in [-0.2, 0) is 4.79 Å². The van der Waals surface area contributed by atoms with Gasteiger partial charge in [-0.25, -0.2) is 9.37 Å². The van der Waals surface area contributed by atoms with E-state index in [9.17, 15) is 9.18 Å². The van der Waals surface area contributed by atoms with E-state index in [0.29, 0.717) is 19.5 Å². The summed E-state index contributed by atoms with van der Waals surface area (Å²) >= 11 is 0. The van der Waals surface area contributed by atoms with Crippen LogP contribution in [0, 0.1) is 0 Å². The molecule has 8 heteroatoms. The van der Waals surface area contributed by atoms with Gasteiger partial charge >= 0.3 is 0 Å². The number of nitrogens with one attached hydrogen (secondary N) is 1. The number of halogens is 1. The summed E-state index contributed by atoms with van der Waals surface area (Å²) in [4.78, 5) is 26.4. The van der Waals surface area contributed by atoms with Crippen molar-refractivity contribution in [1.29, 1.82) is 0 Å². The Morgan fingerprint density at radius 2 is 2.03 bits per heavy atom. The molecule has 0 spiro atoms. The van der Waals surface area contributed by atoms with Gasteiger partial charge in [-0.1, -0.05) is 0 Å². The fourth-order valence-electron chi connectivity index (χ4n) is 3.99. The molecule has 0 aliphatic carbocycles. The molecule has 1 atom stereocenters. The van der Waals surface area contributed by atoms with Crippen LogP contribution in [-0.4, -0.2) is 66.7 Å². The number of fused-ring (bicyclic) bond motifs is 1. The Morgan fingerprint density at radius 1 is 1.21 bits per heavy atom. The monoisotopic (exact) mass is 398 g/mol. The van der Waals surface area contributed by atoms with E-state index >= 15 is 0 Å². The molecule has 0 aromatic carbocycles. The van der Waals surface area contributed by atoms with Crippen LogP contribution in [0.5, 0.6) is 0 Å². The Labute approximate surface area is 170 Å². The van der Waals surface area contributed by atoms with E-state index in [1.165, 1.54) is 0 Å². The molecule has 2 saturated heterocycles. The van der Waals surface area contributed by atoms with Gasteiger partial charge in [-0.3, -0.25) is 9.78 Å². The first kappa shape index (κ1) is 19.6. The van der Waals surface area contributed by atoms with Crippen molar-refractivity contribution in [2.45, 2.75) is 31.5 Å². The van der Waals surface area contributed by atoms with E-state index in [0.717, 1.165) is 54.9 Å². The zero-order chi connectivity index (χ0) is 20.2. The fraction of sp³-hybridized carbons (Fsp3) is 0.476. The van der Waals surface area contributed by atoms with E-state index in [2.05, 4.69) is 10.3 Å². The van der Waals surface area contributed by atoms with E-state index in [1.807, 2.05) is 47.4 Å². The Balaban J connectivity index is 1.57. The number of hydrogen-bond acceptors (Lipinski definition) is 6. The van der Waals surface area contributed by atoms with E-state index in [1.54, 1.807) is 11.1 Å². The number of alkyl halides is 1. The van der Waals surface area contributed by atoms with E-state index < -0.39 is 6.17 Å². The summed E-state index contributed by atoms with van der Waals surface area (Å²) in [6.45, 7) is 2.91. The van der Waals surface area contributed by atoms with Crippen molar-refractivity contribution in [2.24, 2.45) is 0 Å². The third-order valence-electron chi connectivity index (χ3n) is 5.70. The zero-order valence-corrected chi connectivity index (χ0v) is 16.7. The lowest BCUT2D eigenvalue weighted by Crippen LogP contribution is -2.40. The van der Waals surface area contributed by atoms with Gasteiger partial charge < -0.3 is 20.0 Å². The van der Waals surface area contributed by atoms with Crippen molar-refractivity contribution in [3.8, 4) is 0 Å². The molecule has 0 saturated carbocycles. The average molecular weight is 398 g/mol. The molecule has 4 rings (SSSR count). The van der Waals surface area contributed by atoms with Crippen LogP contribution >= 0.6 is 0 Å². The molecule has 2 aliphatic rings. The van der Waals surface area contributed by atoms with Crippen molar-refractivity contribution < 1.29 is 9.18 Å². The SMILES string of the molecule is CN(/C=C\N(C=O)C1CCNCC1)c1ccnc2ccc(N3CCC(F)C3)nc12. The number of aromatic nitrogens is 2. The number of carbonyl (C=O) groups is 1.